The van der Waals surface area contributed by atoms with Crippen LogP contribution in [0.5, 0.6) is 0 Å². The topological polar surface area (TPSA) is 56.5 Å². The van der Waals surface area contributed by atoms with Crippen LogP contribution in [0.3, 0.4) is 0 Å². The standard InChI is InChI=1S/C33H33F3O4S2/c1-31(2,3)22-14-18-24(19-15-22)41(40-42(37,38)33(34,35)36,25-20-16-23(17-21-25)32(4,5)6)29-13-9-12-28-30(29)26-10-7-8-11-27(26)39-28/h7-21H,1-6H3. The number of furan rings is 1. The summed E-state index contributed by atoms with van der Waals surface area (Å²) in [6, 6.07) is 26.2. The molecule has 1 heterocycles. The summed E-state index contributed by atoms with van der Waals surface area (Å²) in [6.07, 6.45) is 0. The van der Waals surface area contributed by atoms with Crippen LogP contribution in [-0.2, 0) is 24.6 Å². The van der Waals surface area contributed by atoms with E-state index in [1.807, 2.05) is 65.8 Å². The van der Waals surface area contributed by atoms with E-state index in [1.54, 1.807) is 66.7 Å². The zero-order chi connectivity index (χ0) is 30.7. The summed E-state index contributed by atoms with van der Waals surface area (Å²) in [5, 5.41) is 1.14. The van der Waals surface area contributed by atoms with Crippen molar-refractivity contribution in [2.45, 2.75) is 72.6 Å². The molecule has 0 spiro atoms. The highest BCUT2D eigenvalue weighted by Crippen LogP contribution is 2.72. The molecule has 42 heavy (non-hydrogen) atoms. The molecule has 4 aromatic carbocycles. The fourth-order valence-corrected chi connectivity index (χ4v) is 9.85. The lowest BCUT2D eigenvalue weighted by atomic mass is 9.87. The van der Waals surface area contributed by atoms with Crippen LogP contribution in [0.1, 0.15) is 52.7 Å². The quantitative estimate of drug-likeness (QED) is 0.185. The number of hydrogen-bond acceptors (Lipinski definition) is 4. The predicted molar refractivity (Wildman–Crippen MR) is 162 cm³/mol. The van der Waals surface area contributed by atoms with Gasteiger partial charge >= 0.3 is 15.6 Å². The number of halogens is 3. The van der Waals surface area contributed by atoms with Gasteiger partial charge in [-0.05, 0) is 74.7 Å². The van der Waals surface area contributed by atoms with Crippen LogP contribution < -0.4 is 0 Å². The maximum absolute atomic E-state index is 14.1. The van der Waals surface area contributed by atoms with E-state index in [0.29, 0.717) is 36.6 Å². The van der Waals surface area contributed by atoms with Crippen molar-refractivity contribution in [1.82, 2.24) is 0 Å². The molecule has 5 aromatic rings. The van der Waals surface area contributed by atoms with Crippen LogP contribution in [0.4, 0.5) is 13.2 Å². The average Bonchev–Trinajstić information content (AvgIpc) is 3.29. The van der Waals surface area contributed by atoms with Gasteiger partial charge in [0.2, 0.25) is 0 Å². The van der Waals surface area contributed by atoms with Crippen LogP contribution in [0.2, 0.25) is 0 Å². The average molecular weight is 615 g/mol. The molecule has 0 atom stereocenters. The molecule has 0 saturated heterocycles. The van der Waals surface area contributed by atoms with E-state index >= 15 is 0 Å². The molecule has 0 fully saturated rings. The molecule has 5 rings (SSSR count). The Morgan fingerprint density at radius 2 is 1.10 bits per heavy atom. The van der Waals surface area contributed by atoms with Crippen LogP contribution >= 0.6 is 10.3 Å². The van der Waals surface area contributed by atoms with Gasteiger partial charge in [0.25, 0.3) is 0 Å². The number of para-hydroxylation sites is 1. The highest BCUT2D eigenvalue weighted by Gasteiger charge is 2.53. The molecule has 0 aliphatic carbocycles. The van der Waals surface area contributed by atoms with Crippen molar-refractivity contribution in [1.29, 1.82) is 0 Å². The monoisotopic (exact) mass is 614 g/mol. The minimum Gasteiger partial charge on any atom is -0.456 e. The lowest BCUT2D eigenvalue weighted by Crippen LogP contribution is -2.27. The van der Waals surface area contributed by atoms with E-state index in [0.717, 1.165) is 11.1 Å². The summed E-state index contributed by atoms with van der Waals surface area (Å²) < 4.78 is 80.2. The second kappa shape index (κ2) is 10.2. The van der Waals surface area contributed by atoms with Crippen LogP contribution in [0.15, 0.2) is 110 Å². The Balaban J connectivity index is 1.95. The Kier molecular flexibility index (Phi) is 7.32. The van der Waals surface area contributed by atoms with E-state index in [1.165, 1.54) is 0 Å². The first-order chi connectivity index (χ1) is 19.4. The molecule has 4 nitrogen and oxygen atoms in total. The minimum atomic E-state index is -6.08. The highest BCUT2D eigenvalue weighted by molar-refractivity contribution is 8.33. The van der Waals surface area contributed by atoms with E-state index < -0.39 is 25.9 Å². The van der Waals surface area contributed by atoms with Gasteiger partial charge in [0.05, 0.1) is 0 Å². The van der Waals surface area contributed by atoms with Crippen molar-refractivity contribution in [3.8, 4) is 0 Å². The summed E-state index contributed by atoms with van der Waals surface area (Å²) in [4.78, 5) is 0.916. The van der Waals surface area contributed by atoms with Crippen molar-refractivity contribution < 1.29 is 29.6 Å². The molecule has 0 unspecified atom stereocenters. The Morgan fingerprint density at radius 3 is 1.57 bits per heavy atom. The normalized spacial score (nSPS) is 14.0. The number of alkyl halides is 3. The Hall–Kier alpha value is -3.27. The molecule has 9 heteroatoms. The lowest BCUT2D eigenvalue weighted by molar-refractivity contribution is -0.0496. The van der Waals surface area contributed by atoms with Crippen molar-refractivity contribution in [2.75, 3.05) is 0 Å². The van der Waals surface area contributed by atoms with E-state index in [9.17, 15) is 21.6 Å². The maximum Gasteiger partial charge on any atom is 0.524 e. The summed E-state index contributed by atoms with van der Waals surface area (Å²) in [7, 11) is -9.63. The van der Waals surface area contributed by atoms with E-state index in [2.05, 4.69) is 0 Å². The lowest BCUT2D eigenvalue weighted by Gasteiger charge is -2.40. The molecule has 0 aliphatic heterocycles. The molecule has 0 N–H and O–H groups in total. The van der Waals surface area contributed by atoms with Crippen molar-refractivity contribution in [3.63, 3.8) is 0 Å². The summed E-state index contributed by atoms with van der Waals surface area (Å²) in [5.41, 5.74) is -3.32. The first-order valence-electron chi connectivity index (χ1n) is 13.4. The van der Waals surface area contributed by atoms with Gasteiger partial charge in [-0.3, -0.25) is 0 Å². The summed E-state index contributed by atoms with van der Waals surface area (Å²) >= 11 is 0. The van der Waals surface area contributed by atoms with Gasteiger partial charge < -0.3 is 4.42 Å². The molecule has 222 valence electrons. The van der Waals surface area contributed by atoms with E-state index in [-0.39, 0.29) is 10.8 Å². The first kappa shape index (κ1) is 30.2. The Bertz CT molecular complexity index is 1800. The van der Waals surface area contributed by atoms with Gasteiger partial charge in [0, 0.05) is 25.5 Å². The molecule has 1 aromatic heterocycles. The van der Waals surface area contributed by atoms with Gasteiger partial charge in [-0.1, -0.05) is 90.1 Å². The molecular weight excluding hydrogens is 581 g/mol. The number of benzene rings is 4. The van der Waals surface area contributed by atoms with Crippen molar-refractivity contribution in [2.24, 2.45) is 0 Å². The van der Waals surface area contributed by atoms with Crippen molar-refractivity contribution in [3.05, 3.63) is 102 Å². The van der Waals surface area contributed by atoms with Crippen molar-refractivity contribution >= 4 is 42.4 Å². The second-order valence-electron chi connectivity index (χ2n) is 12.3. The van der Waals surface area contributed by atoms with Gasteiger partial charge in [-0.25, -0.2) is 0 Å². The molecule has 0 bridgehead atoms. The SMILES string of the molecule is CC(C)(C)c1ccc(S(OS(=O)(=O)C(F)(F)F)(c2ccc(C(C)(C)C)cc2)c2cccc3oc4ccccc4c23)cc1. The molecule has 0 radical (unpaired) electrons. The largest absolute Gasteiger partial charge is 0.524 e. The molecule has 0 amide bonds. The van der Waals surface area contributed by atoms with E-state index in [4.69, 9.17) is 8.05 Å². The third-order valence-electron chi connectivity index (χ3n) is 7.25. The molecule has 0 aliphatic rings. The Labute approximate surface area is 246 Å². The molecule has 0 saturated carbocycles. The van der Waals surface area contributed by atoms with Gasteiger partial charge in [0.1, 0.15) is 11.2 Å². The minimum absolute atomic E-state index is 0.245. The summed E-state index contributed by atoms with van der Waals surface area (Å²) in [5.74, 6) is 0. The fraction of sp³-hybridized carbons (Fsp3) is 0.273. The highest BCUT2D eigenvalue weighted by atomic mass is 32.3. The van der Waals surface area contributed by atoms with Gasteiger partial charge in [-0.15, -0.1) is 0 Å². The smallest absolute Gasteiger partial charge is 0.456 e. The predicted octanol–water partition coefficient (Wildman–Crippen LogP) is 10.2. The molecular formula is C33H33F3O4S2. The Morgan fingerprint density at radius 1 is 0.619 bits per heavy atom. The number of hydrogen-bond donors (Lipinski definition) is 0. The van der Waals surface area contributed by atoms with Crippen LogP contribution in [-0.4, -0.2) is 13.9 Å². The van der Waals surface area contributed by atoms with Gasteiger partial charge in [0.15, 0.2) is 0 Å². The maximum atomic E-state index is 14.1. The van der Waals surface area contributed by atoms with Crippen LogP contribution in [0, 0.1) is 0 Å². The summed E-state index contributed by atoms with van der Waals surface area (Å²) in [6.45, 7) is 12.1. The number of fused-ring (bicyclic) bond motifs is 3. The first-order valence-corrected chi connectivity index (χ1v) is 16.4. The fourth-order valence-electron chi connectivity index (χ4n) is 4.95. The second-order valence-corrected chi connectivity index (χ2v) is 16.7. The zero-order valence-corrected chi connectivity index (χ0v) is 25.9. The third kappa shape index (κ3) is 5.23. The van der Waals surface area contributed by atoms with Gasteiger partial charge in [-0.2, -0.15) is 25.2 Å². The zero-order valence-electron chi connectivity index (χ0n) is 24.2. The number of rotatable bonds is 5. The third-order valence-corrected chi connectivity index (χ3v) is 12.2. The van der Waals surface area contributed by atoms with Crippen LogP contribution in [0.25, 0.3) is 21.9 Å².